The summed E-state index contributed by atoms with van der Waals surface area (Å²) in [4.78, 5) is 13.6. The third kappa shape index (κ3) is 3.47. The molecule has 2 heteroatoms. The first kappa shape index (κ1) is 10.7. The van der Waals surface area contributed by atoms with Gasteiger partial charge in [0.05, 0.1) is 6.54 Å². The van der Waals surface area contributed by atoms with E-state index < -0.39 is 0 Å². The van der Waals surface area contributed by atoms with Crippen LogP contribution in [0.15, 0.2) is 0 Å². The zero-order valence-corrected chi connectivity index (χ0v) is 8.88. The minimum absolute atomic E-state index is 0.400. The van der Waals surface area contributed by atoms with Gasteiger partial charge in [-0.3, -0.25) is 9.69 Å². The number of Topliss-reactive ketones (excluding diaryl/α,β-unsaturated/α-hetero) is 1. The normalized spacial score (nSPS) is 18.4. The van der Waals surface area contributed by atoms with Crippen molar-refractivity contribution >= 4 is 5.78 Å². The molecule has 0 aromatic heterocycles. The number of nitrogens with zero attached hydrogens (tertiary/aromatic N) is 1. The number of carbonyl (C=O) groups excluding carboxylic acids is 1. The fourth-order valence-electron chi connectivity index (χ4n) is 2.11. The van der Waals surface area contributed by atoms with Crippen LogP contribution in [-0.4, -0.2) is 30.3 Å². The van der Waals surface area contributed by atoms with Crippen LogP contribution in [0.1, 0.15) is 45.4 Å². The largest absolute Gasteiger partial charge is 0.298 e. The molecular weight excluding hydrogens is 162 g/mol. The molecule has 2 nitrogen and oxygen atoms in total. The second-order valence-electron chi connectivity index (χ2n) is 4.14. The third-order valence-corrected chi connectivity index (χ3v) is 2.90. The van der Waals surface area contributed by atoms with Crippen molar-refractivity contribution in [3.8, 4) is 0 Å². The van der Waals surface area contributed by atoms with E-state index in [1.54, 1.807) is 0 Å². The summed E-state index contributed by atoms with van der Waals surface area (Å²) in [6.45, 7) is 2.73. The summed E-state index contributed by atoms with van der Waals surface area (Å²) in [7, 11) is 2.09. The standard InChI is InChI=1S/C11H21NO/c1-3-6-11(13)9-12(2)10-7-4-5-8-10/h10H,3-9H2,1-2H3. The highest BCUT2D eigenvalue weighted by atomic mass is 16.1. The summed E-state index contributed by atoms with van der Waals surface area (Å²) < 4.78 is 0. The van der Waals surface area contributed by atoms with Crippen molar-refractivity contribution in [2.24, 2.45) is 0 Å². The summed E-state index contributed by atoms with van der Waals surface area (Å²) >= 11 is 0. The Morgan fingerprint density at radius 1 is 1.38 bits per heavy atom. The van der Waals surface area contributed by atoms with E-state index in [4.69, 9.17) is 0 Å². The average molecular weight is 183 g/mol. The van der Waals surface area contributed by atoms with Crippen molar-refractivity contribution in [1.82, 2.24) is 4.90 Å². The Kier molecular flexibility index (Phi) is 4.43. The first-order chi connectivity index (χ1) is 6.24. The smallest absolute Gasteiger partial charge is 0.146 e. The van der Waals surface area contributed by atoms with Crippen LogP contribution >= 0.6 is 0 Å². The van der Waals surface area contributed by atoms with Crippen molar-refractivity contribution in [2.45, 2.75) is 51.5 Å². The Bertz CT molecular complexity index is 161. The second kappa shape index (κ2) is 5.38. The van der Waals surface area contributed by atoms with Crippen LogP contribution in [0.25, 0.3) is 0 Å². The molecule has 0 spiro atoms. The van der Waals surface area contributed by atoms with E-state index >= 15 is 0 Å². The van der Waals surface area contributed by atoms with Crippen molar-refractivity contribution in [3.05, 3.63) is 0 Å². The lowest BCUT2D eigenvalue weighted by atomic mass is 10.2. The van der Waals surface area contributed by atoms with Crippen LogP contribution in [0.3, 0.4) is 0 Å². The van der Waals surface area contributed by atoms with Gasteiger partial charge >= 0.3 is 0 Å². The Morgan fingerprint density at radius 2 is 2.00 bits per heavy atom. The van der Waals surface area contributed by atoms with Gasteiger partial charge in [0.1, 0.15) is 5.78 Å². The van der Waals surface area contributed by atoms with Gasteiger partial charge in [0.15, 0.2) is 0 Å². The minimum Gasteiger partial charge on any atom is -0.298 e. The van der Waals surface area contributed by atoms with Crippen LogP contribution in [-0.2, 0) is 4.79 Å². The van der Waals surface area contributed by atoms with E-state index in [0.29, 0.717) is 18.4 Å². The third-order valence-electron chi connectivity index (χ3n) is 2.90. The fourth-order valence-corrected chi connectivity index (χ4v) is 2.11. The molecule has 0 aromatic carbocycles. The molecule has 0 bridgehead atoms. The van der Waals surface area contributed by atoms with E-state index in [9.17, 15) is 4.79 Å². The molecule has 0 saturated heterocycles. The molecule has 0 atom stereocenters. The van der Waals surface area contributed by atoms with E-state index in [1.165, 1.54) is 25.7 Å². The predicted molar refractivity (Wildman–Crippen MR) is 54.8 cm³/mol. The van der Waals surface area contributed by atoms with Gasteiger partial charge in [-0.2, -0.15) is 0 Å². The molecule has 1 saturated carbocycles. The van der Waals surface area contributed by atoms with Crippen LogP contribution in [0.2, 0.25) is 0 Å². The number of carbonyl (C=O) groups is 1. The van der Waals surface area contributed by atoms with Gasteiger partial charge in [-0.05, 0) is 26.3 Å². The lowest BCUT2D eigenvalue weighted by molar-refractivity contribution is -0.120. The molecule has 1 fully saturated rings. The highest BCUT2D eigenvalue weighted by molar-refractivity contribution is 5.80. The van der Waals surface area contributed by atoms with Gasteiger partial charge in [0.2, 0.25) is 0 Å². The van der Waals surface area contributed by atoms with E-state index in [0.717, 1.165) is 12.8 Å². The molecule has 0 radical (unpaired) electrons. The molecule has 0 unspecified atom stereocenters. The van der Waals surface area contributed by atoms with Crippen molar-refractivity contribution in [1.29, 1.82) is 0 Å². The molecule has 1 rings (SSSR count). The Labute approximate surface area is 81.3 Å². The van der Waals surface area contributed by atoms with Crippen LogP contribution in [0.5, 0.6) is 0 Å². The number of hydrogen-bond donors (Lipinski definition) is 0. The predicted octanol–water partition coefficient (Wildman–Crippen LogP) is 2.23. The van der Waals surface area contributed by atoms with Gasteiger partial charge in [0, 0.05) is 12.5 Å². The Balaban J connectivity index is 2.22. The van der Waals surface area contributed by atoms with Gasteiger partial charge in [-0.1, -0.05) is 19.8 Å². The monoisotopic (exact) mass is 183 g/mol. The summed E-state index contributed by atoms with van der Waals surface area (Å²) in [6.07, 6.45) is 6.99. The summed E-state index contributed by atoms with van der Waals surface area (Å²) in [5, 5.41) is 0. The maximum atomic E-state index is 11.4. The van der Waals surface area contributed by atoms with Crippen LogP contribution in [0.4, 0.5) is 0 Å². The molecule has 0 aromatic rings. The lowest BCUT2D eigenvalue weighted by Crippen LogP contribution is -2.33. The first-order valence-corrected chi connectivity index (χ1v) is 5.46. The molecule has 0 N–H and O–H groups in total. The van der Waals surface area contributed by atoms with Gasteiger partial charge in [-0.25, -0.2) is 0 Å². The summed E-state index contributed by atoms with van der Waals surface area (Å²) in [5.74, 6) is 0.400. The SMILES string of the molecule is CCCC(=O)CN(C)C1CCCC1. The molecule has 13 heavy (non-hydrogen) atoms. The van der Waals surface area contributed by atoms with E-state index in [1.807, 2.05) is 0 Å². The van der Waals surface area contributed by atoms with Gasteiger partial charge in [-0.15, -0.1) is 0 Å². The maximum Gasteiger partial charge on any atom is 0.146 e. The Morgan fingerprint density at radius 3 is 2.54 bits per heavy atom. The summed E-state index contributed by atoms with van der Waals surface area (Å²) in [5.41, 5.74) is 0. The van der Waals surface area contributed by atoms with Crippen molar-refractivity contribution in [2.75, 3.05) is 13.6 Å². The molecular formula is C11H21NO. The maximum absolute atomic E-state index is 11.4. The van der Waals surface area contributed by atoms with Crippen LogP contribution in [0, 0.1) is 0 Å². The zero-order valence-electron chi connectivity index (χ0n) is 8.88. The number of rotatable bonds is 5. The van der Waals surface area contributed by atoms with Crippen molar-refractivity contribution < 1.29 is 4.79 Å². The minimum atomic E-state index is 0.400. The summed E-state index contributed by atoms with van der Waals surface area (Å²) in [6, 6.07) is 0.681. The number of ketones is 1. The van der Waals surface area contributed by atoms with E-state index in [-0.39, 0.29) is 0 Å². The van der Waals surface area contributed by atoms with Crippen LogP contribution < -0.4 is 0 Å². The fraction of sp³-hybridized carbons (Fsp3) is 0.909. The molecule has 0 aliphatic heterocycles. The van der Waals surface area contributed by atoms with E-state index in [2.05, 4.69) is 18.9 Å². The quantitative estimate of drug-likeness (QED) is 0.651. The lowest BCUT2D eigenvalue weighted by Gasteiger charge is -2.22. The van der Waals surface area contributed by atoms with Gasteiger partial charge in [0.25, 0.3) is 0 Å². The first-order valence-electron chi connectivity index (χ1n) is 5.46. The molecule has 0 amide bonds. The molecule has 0 heterocycles. The highest BCUT2D eigenvalue weighted by Crippen LogP contribution is 2.22. The number of likely N-dealkylation sites (N-methyl/N-ethyl adjacent to an activating group) is 1. The Hall–Kier alpha value is -0.370. The topological polar surface area (TPSA) is 20.3 Å². The van der Waals surface area contributed by atoms with Gasteiger partial charge < -0.3 is 0 Å². The highest BCUT2D eigenvalue weighted by Gasteiger charge is 2.20. The zero-order chi connectivity index (χ0) is 9.68. The number of hydrogen-bond acceptors (Lipinski definition) is 2. The average Bonchev–Trinajstić information content (AvgIpc) is 2.55. The molecule has 1 aliphatic carbocycles. The second-order valence-corrected chi connectivity index (χ2v) is 4.14. The molecule has 1 aliphatic rings. The van der Waals surface area contributed by atoms with Crippen molar-refractivity contribution in [3.63, 3.8) is 0 Å². The molecule has 76 valence electrons.